The summed E-state index contributed by atoms with van der Waals surface area (Å²) >= 11 is 0. The van der Waals surface area contributed by atoms with Crippen molar-refractivity contribution < 1.29 is 0 Å². The summed E-state index contributed by atoms with van der Waals surface area (Å²) in [6.45, 7) is 9.89. The first-order valence-corrected chi connectivity index (χ1v) is 7.27. The van der Waals surface area contributed by atoms with Crippen LogP contribution in [0.25, 0.3) is 10.9 Å². The number of aryl methyl sites for hydroxylation is 4. The molecule has 1 aromatic carbocycles. The van der Waals surface area contributed by atoms with Gasteiger partial charge in [-0.25, -0.2) is 0 Å². The highest BCUT2D eigenvalue weighted by Crippen LogP contribution is 2.26. The smallest absolute Gasteiger partial charge is 0.0510 e. The lowest BCUT2D eigenvalue weighted by molar-refractivity contribution is 0.571. The quantitative estimate of drug-likeness (QED) is 0.809. The van der Waals surface area contributed by atoms with E-state index in [1.807, 2.05) is 0 Å². The third kappa shape index (κ3) is 3.19. The van der Waals surface area contributed by atoms with Crippen molar-refractivity contribution >= 4 is 10.9 Å². The maximum Gasteiger partial charge on any atom is 0.0510 e. The molecule has 0 radical (unpaired) electrons. The number of rotatable bonds is 5. The molecule has 0 atom stereocenters. The molecule has 2 rings (SSSR count). The second-order valence-corrected chi connectivity index (χ2v) is 5.96. The summed E-state index contributed by atoms with van der Waals surface area (Å²) in [5.74, 6) is 0. The summed E-state index contributed by atoms with van der Waals surface area (Å²) in [6, 6.07) is 5.18. The van der Waals surface area contributed by atoms with E-state index in [1.165, 1.54) is 34.0 Å². The van der Waals surface area contributed by atoms with Gasteiger partial charge in [0.05, 0.1) is 5.52 Å². The Morgan fingerprint density at radius 1 is 1.21 bits per heavy atom. The Labute approximate surface area is 116 Å². The zero-order valence-electron chi connectivity index (χ0n) is 12.9. The minimum Gasteiger partial charge on any atom is -0.350 e. The Kier molecular flexibility index (Phi) is 4.31. The second kappa shape index (κ2) is 5.79. The van der Waals surface area contributed by atoms with Crippen LogP contribution in [0.3, 0.4) is 0 Å². The highest BCUT2D eigenvalue weighted by atomic mass is 14.9. The summed E-state index contributed by atoms with van der Waals surface area (Å²) in [5, 5.41) is 4.92. The van der Waals surface area contributed by atoms with Gasteiger partial charge in [-0.15, -0.1) is 0 Å². The van der Waals surface area contributed by atoms with Gasteiger partial charge in [-0.3, -0.25) is 0 Å². The Bertz CT molecular complexity index is 564. The van der Waals surface area contributed by atoms with Gasteiger partial charge < -0.3 is 9.88 Å². The summed E-state index contributed by atoms with van der Waals surface area (Å²) in [6.07, 6.45) is 4.65. The molecule has 0 saturated heterocycles. The van der Waals surface area contributed by atoms with Gasteiger partial charge in [0.25, 0.3) is 0 Å². The van der Waals surface area contributed by atoms with Crippen molar-refractivity contribution in [3.63, 3.8) is 0 Å². The van der Waals surface area contributed by atoms with Gasteiger partial charge >= 0.3 is 0 Å². The van der Waals surface area contributed by atoms with Crippen molar-refractivity contribution in [3.05, 3.63) is 35.0 Å². The molecule has 0 saturated carbocycles. The van der Waals surface area contributed by atoms with Gasteiger partial charge in [-0.2, -0.15) is 0 Å². The molecule has 1 aromatic heterocycles. The van der Waals surface area contributed by atoms with Crippen molar-refractivity contribution in [1.29, 1.82) is 0 Å². The first-order chi connectivity index (χ1) is 8.99. The molecule has 1 heterocycles. The van der Waals surface area contributed by atoms with Crippen LogP contribution in [0.15, 0.2) is 18.3 Å². The van der Waals surface area contributed by atoms with Gasteiger partial charge in [0, 0.05) is 24.7 Å². The molecule has 0 bridgehead atoms. The summed E-state index contributed by atoms with van der Waals surface area (Å²) < 4.78 is 2.27. The van der Waals surface area contributed by atoms with Crippen LogP contribution in [0.2, 0.25) is 0 Å². The van der Waals surface area contributed by atoms with Gasteiger partial charge in [-0.1, -0.05) is 25.5 Å². The van der Waals surface area contributed by atoms with E-state index in [-0.39, 0.29) is 0 Å². The van der Waals surface area contributed by atoms with Crippen LogP contribution >= 0.6 is 0 Å². The largest absolute Gasteiger partial charge is 0.350 e. The van der Waals surface area contributed by atoms with Crippen molar-refractivity contribution in [1.82, 2.24) is 9.88 Å². The Morgan fingerprint density at radius 2 is 1.95 bits per heavy atom. The normalized spacial score (nSPS) is 11.7. The highest BCUT2D eigenvalue weighted by Gasteiger charge is 2.09. The lowest BCUT2D eigenvalue weighted by atomic mass is 10.0. The Morgan fingerprint density at radius 3 is 2.63 bits per heavy atom. The SMILES string of the molecule is Cc1cc(C)c2c(c1)c(CCCNC(C)C)cn2C. The number of nitrogens with one attached hydrogen (secondary N) is 1. The van der Waals surface area contributed by atoms with Crippen molar-refractivity contribution in [2.75, 3.05) is 6.54 Å². The van der Waals surface area contributed by atoms with Crippen LogP contribution in [-0.2, 0) is 13.5 Å². The van der Waals surface area contributed by atoms with Crippen molar-refractivity contribution in [3.8, 4) is 0 Å². The van der Waals surface area contributed by atoms with Crippen LogP contribution in [0.4, 0.5) is 0 Å². The molecule has 0 unspecified atom stereocenters. The van der Waals surface area contributed by atoms with E-state index in [4.69, 9.17) is 0 Å². The van der Waals surface area contributed by atoms with E-state index in [0.717, 1.165) is 13.0 Å². The minimum absolute atomic E-state index is 0.581. The summed E-state index contributed by atoms with van der Waals surface area (Å²) in [7, 11) is 2.15. The highest BCUT2D eigenvalue weighted by molar-refractivity contribution is 5.87. The molecule has 0 aliphatic rings. The number of fused-ring (bicyclic) bond motifs is 1. The van der Waals surface area contributed by atoms with Gasteiger partial charge in [0.15, 0.2) is 0 Å². The topological polar surface area (TPSA) is 17.0 Å². The first-order valence-electron chi connectivity index (χ1n) is 7.27. The minimum atomic E-state index is 0.581. The zero-order valence-corrected chi connectivity index (χ0v) is 12.9. The number of hydrogen-bond donors (Lipinski definition) is 1. The van der Waals surface area contributed by atoms with E-state index in [1.54, 1.807) is 0 Å². The van der Waals surface area contributed by atoms with E-state index in [9.17, 15) is 0 Å². The second-order valence-electron chi connectivity index (χ2n) is 5.96. The fourth-order valence-electron chi connectivity index (χ4n) is 2.91. The van der Waals surface area contributed by atoms with Gasteiger partial charge in [0.2, 0.25) is 0 Å². The van der Waals surface area contributed by atoms with E-state index in [2.05, 4.69) is 63.0 Å². The van der Waals surface area contributed by atoms with Crippen LogP contribution in [0.1, 0.15) is 37.0 Å². The average molecular weight is 258 g/mol. The third-order valence-corrected chi connectivity index (χ3v) is 3.67. The van der Waals surface area contributed by atoms with Gasteiger partial charge in [-0.05, 0) is 50.4 Å². The molecular formula is C17H26N2. The van der Waals surface area contributed by atoms with Crippen molar-refractivity contribution in [2.45, 2.75) is 46.6 Å². The lowest BCUT2D eigenvalue weighted by Crippen LogP contribution is -2.23. The summed E-state index contributed by atoms with van der Waals surface area (Å²) in [5.41, 5.74) is 5.61. The maximum atomic E-state index is 3.49. The predicted molar refractivity (Wildman–Crippen MR) is 83.9 cm³/mol. The number of aromatic nitrogens is 1. The maximum absolute atomic E-state index is 3.49. The van der Waals surface area contributed by atoms with Crippen LogP contribution in [0, 0.1) is 13.8 Å². The molecule has 0 amide bonds. The van der Waals surface area contributed by atoms with Crippen LogP contribution in [0.5, 0.6) is 0 Å². The Hall–Kier alpha value is -1.28. The molecule has 2 heteroatoms. The number of hydrogen-bond acceptors (Lipinski definition) is 1. The van der Waals surface area contributed by atoms with Gasteiger partial charge in [0.1, 0.15) is 0 Å². The molecular weight excluding hydrogens is 232 g/mol. The Balaban J connectivity index is 2.19. The molecule has 19 heavy (non-hydrogen) atoms. The molecule has 1 N–H and O–H groups in total. The molecule has 0 aliphatic heterocycles. The number of benzene rings is 1. The number of nitrogens with zero attached hydrogens (tertiary/aromatic N) is 1. The van der Waals surface area contributed by atoms with Crippen molar-refractivity contribution in [2.24, 2.45) is 7.05 Å². The molecule has 104 valence electrons. The fourth-order valence-corrected chi connectivity index (χ4v) is 2.91. The summed E-state index contributed by atoms with van der Waals surface area (Å²) in [4.78, 5) is 0. The lowest BCUT2D eigenvalue weighted by Gasteiger charge is -2.07. The first kappa shape index (κ1) is 14.1. The molecule has 2 nitrogen and oxygen atoms in total. The molecule has 0 spiro atoms. The molecule has 2 aromatic rings. The monoisotopic (exact) mass is 258 g/mol. The average Bonchev–Trinajstić information content (AvgIpc) is 2.61. The third-order valence-electron chi connectivity index (χ3n) is 3.67. The van der Waals surface area contributed by atoms with E-state index < -0.39 is 0 Å². The molecule has 0 aliphatic carbocycles. The van der Waals surface area contributed by atoms with Crippen LogP contribution in [-0.4, -0.2) is 17.2 Å². The fraction of sp³-hybridized carbons (Fsp3) is 0.529. The van der Waals surface area contributed by atoms with Crippen LogP contribution < -0.4 is 5.32 Å². The zero-order chi connectivity index (χ0) is 14.0. The molecule has 0 fully saturated rings. The standard InChI is InChI=1S/C17H26N2/c1-12(2)18-8-6-7-15-11-19(5)17-14(4)9-13(3)10-16(15)17/h9-12,18H,6-8H2,1-5H3. The van der Waals surface area contributed by atoms with E-state index >= 15 is 0 Å². The predicted octanol–water partition coefficient (Wildman–Crippen LogP) is 3.73. The van der Waals surface area contributed by atoms with E-state index in [0.29, 0.717) is 6.04 Å².